The molecule has 1 atom stereocenters. The fourth-order valence-electron chi connectivity index (χ4n) is 7.69. The van der Waals surface area contributed by atoms with Gasteiger partial charge in [-0.15, -0.1) is 11.3 Å². The smallest absolute Gasteiger partial charge is 0.160 e. The average Bonchev–Trinajstić information content (AvgIpc) is 3.74. The Bertz CT molecular complexity index is 2440. The minimum atomic E-state index is -0.554. The van der Waals surface area contributed by atoms with Crippen molar-refractivity contribution in [1.82, 2.24) is 9.97 Å². The molecule has 10 rings (SSSR count). The van der Waals surface area contributed by atoms with Crippen molar-refractivity contribution in [3.63, 3.8) is 0 Å². The molecule has 1 aliphatic carbocycles. The minimum Gasteiger partial charge on any atom is -0.456 e. The second-order valence-corrected chi connectivity index (χ2v) is 13.0. The molecule has 3 nitrogen and oxygen atoms in total. The Morgan fingerprint density at radius 3 is 2.04 bits per heavy atom. The van der Waals surface area contributed by atoms with Crippen LogP contribution in [0.25, 0.3) is 55.1 Å². The van der Waals surface area contributed by atoms with Crippen molar-refractivity contribution in [1.29, 1.82) is 0 Å². The van der Waals surface area contributed by atoms with Crippen molar-refractivity contribution in [3.8, 4) is 56.5 Å². The highest BCUT2D eigenvalue weighted by Crippen LogP contribution is 2.64. The first-order valence-corrected chi connectivity index (χ1v) is 16.7. The van der Waals surface area contributed by atoms with Crippen LogP contribution < -0.4 is 4.74 Å². The van der Waals surface area contributed by atoms with E-state index in [0.717, 1.165) is 50.7 Å². The number of rotatable bonds is 3. The molecule has 0 saturated heterocycles. The molecule has 0 amide bonds. The first kappa shape index (κ1) is 26.4. The molecule has 1 unspecified atom stereocenters. The lowest BCUT2D eigenvalue weighted by molar-refractivity contribution is 0.438. The normalized spacial score (nSPS) is 15.5. The van der Waals surface area contributed by atoms with Gasteiger partial charge in [0.05, 0.1) is 16.8 Å². The van der Waals surface area contributed by atoms with Gasteiger partial charge in [-0.3, -0.25) is 0 Å². The Morgan fingerprint density at radius 1 is 0.511 bits per heavy atom. The van der Waals surface area contributed by atoms with E-state index in [0.29, 0.717) is 5.82 Å². The van der Waals surface area contributed by atoms with Gasteiger partial charge >= 0.3 is 0 Å². The highest BCUT2D eigenvalue weighted by molar-refractivity contribution is 7.17. The van der Waals surface area contributed by atoms with Crippen molar-refractivity contribution in [2.45, 2.75) is 5.41 Å². The molecule has 220 valence electrons. The van der Waals surface area contributed by atoms with Crippen LogP contribution in [0.4, 0.5) is 0 Å². The highest BCUT2D eigenvalue weighted by Gasteiger charge is 2.52. The number of hydrogen-bond donors (Lipinski definition) is 0. The summed E-state index contributed by atoms with van der Waals surface area (Å²) in [4.78, 5) is 10.3. The molecular formula is C43H26N2OS. The monoisotopic (exact) mass is 618 g/mol. The fraction of sp³-hybridized carbons (Fsp3) is 0.0233. The van der Waals surface area contributed by atoms with Crippen molar-refractivity contribution in [2.75, 3.05) is 0 Å². The standard InChI is InChI=1S/C43H26N2OS/c1-3-12-27(13-4-1)36-26-37(45-42(44-36)29-14-5-2-6-15-29)31-17-11-20-35-40(31)46-38-21-10-9-19-33(38)43(35)32-18-8-7-16-30(32)39-34(43)23-22-28-24-25-47-41(28)39/h1-26H. The Balaban J connectivity index is 1.29. The molecule has 0 fully saturated rings. The predicted molar refractivity (Wildman–Crippen MR) is 191 cm³/mol. The van der Waals surface area contributed by atoms with Gasteiger partial charge in [0, 0.05) is 38.1 Å². The molecular weight excluding hydrogens is 593 g/mol. The van der Waals surface area contributed by atoms with Gasteiger partial charge in [-0.2, -0.15) is 0 Å². The Kier molecular flexibility index (Phi) is 5.66. The van der Waals surface area contributed by atoms with Gasteiger partial charge in [0.15, 0.2) is 5.82 Å². The van der Waals surface area contributed by atoms with Crippen LogP contribution in [-0.4, -0.2) is 9.97 Å². The summed E-state index contributed by atoms with van der Waals surface area (Å²) in [5.74, 6) is 2.38. The lowest BCUT2D eigenvalue weighted by Crippen LogP contribution is -2.32. The number of ether oxygens (including phenoxy) is 1. The summed E-state index contributed by atoms with van der Waals surface area (Å²) < 4.78 is 8.31. The van der Waals surface area contributed by atoms with Crippen molar-refractivity contribution < 1.29 is 4.74 Å². The van der Waals surface area contributed by atoms with Crippen LogP contribution in [0.3, 0.4) is 0 Å². The number of fused-ring (bicyclic) bond motifs is 11. The molecule has 2 aromatic heterocycles. The first-order valence-electron chi connectivity index (χ1n) is 15.8. The van der Waals surface area contributed by atoms with Crippen molar-refractivity contribution in [3.05, 3.63) is 179 Å². The summed E-state index contributed by atoms with van der Waals surface area (Å²) in [5, 5.41) is 3.48. The van der Waals surface area contributed by atoms with E-state index in [9.17, 15) is 0 Å². The first-order chi connectivity index (χ1) is 23.3. The molecule has 0 N–H and O–H groups in total. The number of aromatic nitrogens is 2. The molecule has 0 saturated carbocycles. The Hall–Kier alpha value is -5.84. The maximum absolute atomic E-state index is 6.99. The van der Waals surface area contributed by atoms with Gasteiger partial charge in [-0.05, 0) is 51.7 Å². The van der Waals surface area contributed by atoms with E-state index in [-0.39, 0.29) is 0 Å². The van der Waals surface area contributed by atoms with E-state index >= 15 is 0 Å². The van der Waals surface area contributed by atoms with E-state index in [1.165, 1.54) is 32.3 Å². The van der Waals surface area contributed by atoms with Crippen LogP contribution in [0.5, 0.6) is 11.5 Å². The Morgan fingerprint density at radius 2 is 1.19 bits per heavy atom. The zero-order chi connectivity index (χ0) is 31.0. The highest BCUT2D eigenvalue weighted by atomic mass is 32.1. The zero-order valence-electron chi connectivity index (χ0n) is 25.2. The van der Waals surface area contributed by atoms with Gasteiger partial charge in [0.25, 0.3) is 0 Å². The van der Waals surface area contributed by atoms with E-state index < -0.39 is 5.41 Å². The third kappa shape index (κ3) is 3.73. The number of benzene rings is 6. The second-order valence-electron chi connectivity index (χ2n) is 12.1. The summed E-state index contributed by atoms with van der Waals surface area (Å²) in [6.07, 6.45) is 0. The predicted octanol–water partition coefficient (Wildman–Crippen LogP) is 11.2. The molecule has 47 heavy (non-hydrogen) atoms. The molecule has 8 aromatic rings. The number of para-hydroxylation sites is 2. The van der Waals surface area contributed by atoms with Gasteiger partial charge in [0.2, 0.25) is 0 Å². The third-order valence-electron chi connectivity index (χ3n) is 9.65. The summed E-state index contributed by atoms with van der Waals surface area (Å²) in [5.41, 5.74) is 11.5. The molecule has 4 heteroatoms. The van der Waals surface area contributed by atoms with Gasteiger partial charge in [-0.25, -0.2) is 9.97 Å². The topological polar surface area (TPSA) is 35.0 Å². The summed E-state index contributed by atoms with van der Waals surface area (Å²) in [6, 6.07) is 53.5. The van der Waals surface area contributed by atoms with Crippen LogP contribution >= 0.6 is 11.3 Å². The van der Waals surface area contributed by atoms with Gasteiger partial charge in [0.1, 0.15) is 11.5 Å². The molecule has 0 bridgehead atoms. The molecule has 0 radical (unpaired) electrons. The summed E-state index contributed by atoms with van der Waals surface area (Å²) >= 11 is 1.82. The minimum absolute atomic E-state index is 0.554. The largest absolute Gasteiger partial charge is 0.456 e. The van der Waals surface area contributed by atoms with E-state index in [1.807, 2.05) is 47.7 Å². The van der Waals surface area contributed by atoms with Gasteiger partial charge in [-0.1, -0.05) is 127 Å². The number of hydrogen-bond acceptors (Lipinski definition) is 4. The molecule has 3 heterocycles. The van der Waals surface area contributed by atoms with Crippen molar-refractivity contribution >= 4 is 21.4 Å². The molecule has 6 aromatic carbocycles. The van der Waals surface area contributed by atoms with Crippen LogP contribution in [0.1, 0.15) is 22.3 Å². The lowest BCUT2D eigenvalue weighted by atomic mass is 9.65. The van der Waals surface area contributed by atoms with Crippen LogP contribution in [0.2, 0.25) is 0 Å². The van der Waals surface area contributed by atoms with Crippen LogP contribution in [-0.2, 0) is 5.41 Å². The maximum Gasteiger partial charge on any atom is 0.160 e. The van der Waals surface area contributed by atoms with E-state index in [4.69, 9.17) is 14.7 Å². The maximum atomic E-state index is 6.99. The van der Waals surface area contributed by atoms with Crippen molar-refractivity contribution in [2.24, 2.45) is 0 Å². The molecule has 1 aliphatic heterocycles. The lowest BCUT2D eigenvalue weighted by Gasteiger charge is -2.40. The molecule has 2 aliphatic rings. The zero-order valence-corrected chi connectivity index (χ0v) is 26.0. The average molecular weight is 619 g/mol. The number of thiophene rings is 1. The molecule has 1 spiro atoms. The van der Waals surface area contributed by atoms with Crippen LogP contribution in [0.15, 0.2) is 157 Å². The van der Waals surface area contributed by atoms with Crippen LogP contribution in [0, 0.1) is 0 Å². The fourth-order valence-corrected chi connectivity index (χ4v) is 8.65. The third-order valence-corrected chi connectivity index (χ3v) is 10.6. The second kappa shape index (κ2) is 10.1. The summed E-state index contributed by atoms with van der Waals surface area (Å²) in [6.45, 7) is 0. The van der Waals surface area contributed by atoms with Gasteiger partial charge < -0.3 is 4.74 Å². The SMILES string of the molecule is c1ccc(-c2cc(-c3cccc4c3Oc3ccccc3C43c4ccccc4-c4c3ccc3ccsc43)nc(-c3ccccc3)n2)cc1. The Labute approximate surface area is 276 Å². The van der Waals surface area contributed by atoms with E-state index in [2.05, 4.69) is 121 Å². The summed E-state index contributed by atoms with van der Waals surface area (Å²) in [7, 11) is 0. The number of nitrogens with zero attached hydrogens (tertiary/aromatic N) is 2. The van der Waals surface area contributed by atoms with E-state index in [1.54, 1.807) is 0 Å². The quantitative estimate of drug-likeness (QED) is 0.198.